The number of alkyl halides is 3. The summed E-state index contributed by atoms with van der Waals surface area (Å²) >= 11 is 2.57. The first-order valence-electron chi connectivity index (χ1n) is 16.1. The number of methoxy groups -OCH3 is 1. The zero-order chi connectivity index (χ0) is 35.1. The van der Waals surface area contributed by atoms with Crippen molar-refractivity contribution in [2.45, 2.75) is 35.7 Å². The molecule has 2 saturated carbocycles. The number of hydrogen-bond acceptors (Lipinski definition) is 8. The molecule has 3 heterocycles. The summed E-state index contributed by atoms with van der Waals surface area (Å²) < 4.78 is 53.5. The first-order valence-corrected chi connectivity index (χ1v) is 17.7. The third-order valence-electron chi connectivity index (χ3n) is 10.4. The summed E-state index contributed by atoms with van der Waals surface area (Å²) in [5.74, 6) is -3.48. The van der Waals surface area contributed by atoms with Crippen molar-refractivity contribution in [1.82, 2.24) is 4.98 Å². The fourth-order valence-corrected chi connectivity index (χ4v) is 11.4. The summed E-state index contributed by atoms with van der Waals surface area (Å²) in [5.41, 5.74) is 1.03. The van der Waals surface area contributed by atoms with Crippen molar-refractivity contribution >= 4 is 52.2 Å². The van der Waals surface area contributed by atoms with E-state index in [4.69, 9.17) is 9.47 Å². The molecule has 2 aliphatic carbocycles. The van der Waals surface area contributed by atoms with Crippen molar-refractivity contribution in [3.05, 3.63) is 98.0 Å². The Morgan fingerprint density at radius 1 is 0.980 bits per heavy atom. The SMILES string of the molecule is COc1cc([C@H]2c3sc(=O)[nH]c3SC3C2[C@H]2C[C@@H]3C3C(=O)N(c4ccccc4C(F)(F)F)C(=O)C32)ccc1OCC(=O)Nc1ccc(C)cc1. The van der Waals surface area contributed by atoms with Crippen LogP contribution in [0.1, 0.15) is 33.9 Å². The molecule has 1 saturated heterocycles. The minimum atomic E-state index is -4.75. The van der Waals surface area contributed by atoms with Gasteiger partial charge >= 0.3 is 11.0 Å². The lowest BCUT2D eigenvalue weighted by Gasteiger charge is -2.43. The van der Waals surface area contributed by atoms with Gasteiger partial charge in [0.2, 0.25) is 11.8 Å². The molecule has 258 valence electrons. The number of anilines is 2. The molecule has 50 heavy (non-hydrogen) atoms. The van der Waals surface area contributed by atoms with Crippen LogP contribution in [0.5, 0.6) is 11.5 Å². The minimum Gasteiger partial charge on any atom is -0.493 e. The number of carbonyl (C=O) groups excluding carboxylic acids is 3. The van der Waals surface area contributed by atoms with Gasteiger partial charge in [0.1, 0.15) is 0 Å². The average Bonchev–Trinajstić information content (AvgIpc) is 3.83. The van der Waals surface area contributed by atoms with Crippen molar-refractivity contribution in [3.63, 3.8) is 0 Å². The lowest BCUT2D eigenvalue weighted by molar-refractivity contribution is -0.137. The van der Waals surface area contributed by atoms with Crippen LogP contribution >= 0.6 is 23.1 Å². The third-order valence-corrected chi connectivity index (χ3v) is 13.0. The number of para-hydroxylation sites is 1. The van der Waals surface area contributed by atoms with Gasteiger partial charge in [0.15, 0.2) is 18.1 Å². The van der Waals surface area contributed by atoms with Crippen molar-refractivity contribution in [2.75, 3.05) is 23.9 Å². The summed E-state index contributed by atoms with van der Waals surface area (Å²) in [5, 5.41) is 3.33. The van der Waals surface area contributed by atoms with Crippen LogP contribution in [-0.4, -0.2) is 41.7 Å². The maximum Gasteiger partial charge on any atom is 0.418 e. The smallest absolute Gasteiger partial charge is 0.418 e. The van der Waals surface area contributed by atoms with Gasteiger partial charge in [0, 0.05) is 21.7 Å². The Hall–Kier alpha value is -4.56. The van der Waals surface area contributed by atoms with Crippen molar-refractivity contribution in [3.8, 4) is 11.5 Å². The number of aryl methyl sites for hydroxylation is 1. The van der Waals surface area contributed by atoms with Gasteiger partial charge in [-0.1, -0.05) is 47.2 Å². The molecule has 3 fully saturated rings. The third kappa shape index (κ3) is 5.22. The number of carbonyl (C=O) groups is 3. The molecule has 4 aromatic rings. The lowest BCUT2D eigenvalue weighted by Crippen LogP contribution is -2.42. The Labute approximate surface area is 292 Å². The van der Waals surface area contributed by atoms with E-state index in [1.54, 1.807) is 24.3 Å². The fraction of sp³-hybridized carbons (Fsp3) is 0.333. The number of amides is 3. The molecule has 4 unspecified atom stereocenters. The number of hydrogen-bond donors (Lipinski definition) is 2. The predicted octanol–water partition coefficient (Wildman–Crippen LogP) is 6.47. The summed E-state index contributed by atoms with van der Waals surface area (Å²) in [4.78, 5) is 57.5. The van der Waals surface area contributed by atoms with Crippen LogP contribution in [0.25, 0.3) is 0 Å². The number of nitrogens with zero attached hydrogens (tertiary/aromatic N) is 1. The standard InChI is InChI=1S/C36H30F3N3O6S2/c1-16-7-10-18(11-8-16)40-25(43)15-48-23-12-9-17(13-24(23)47-2)26-27-19-14-20(30(27)49-32-31(26)50-35(46)41-32)29-28(19)33(44)42(34(29)45)22-6-4-3-5-21(22)36(37,38)39/h3-13,19-20,26-30H,14-15H2,1-2H3,(H,40,43)(H,41,46)/t19-,20-,26-,27?,28?,29?,30?/m1/s1. The molecule has 3 aromatic carbocycles. The number of nitrogens with one attached hydrogen (secondary N) is 2. The van der Waals surface area contributed by atoms with Crippen LogP contribution in [0.4, 0.5) is 24.5 Å². The van der Waals surface area contributed by atoms with E-state index >= 15 is 0 Å². The average molecular weight is 722 g/mol. The van der Waals surface area contributed by atoms with Gasteiger partial charge in [-0.05, 0) is 73.1 Å². The van der Waals surface area contributed by atoms with Crippen LogP contribution in [0, 0.1) is 36.5 Å². The second-order valence-electron chi connectivity index (χ2n) is 13.1. The number of aromatic nitrogens is 1. The van der Waals surface area contributed by atoms with E-state index in [2.05, 4.69) is 10.3 Å². The van der Waals surface area contributed by atoms with Crippen LogP contribution in [0.2, 0.25) is 0 Å². The van der Waals surface area contributed by atoms with Gasteiger partial charge in [0.25, 0.3) is 5.91 Å². The van der Waals surface area contributed by atoms with Gasteiger partial charge in [0.05, 0.1) is 35.2 Å². The predicted molar refractivity (Wildman–Crippen MR) is 181 cm³/mol. The normalized spacial score (nSPS) is 26.4. The highest BCUT2D eigenvalue weighted by Gasteiger charge is 2.70. The van der Waals surface area contributed by atoms with E-state index in [1.807, 2.05) is 25.1 Å². The van der Waals surface area contributed by atoms with Crippen LogP contribution in [0.3, 0.4) is 0 Å². The van der Waals surface area contributed by atoms with Crippen molar-refractivity contribution in [1.29, 1.82) is 0 Å². The first kappa shape index (κ1) is 32.6. The molecule has 1 aromatic heterocycles. The number of thiazole rings is 1. The molecule has 2 bridgehead atoms. The maximum absolute atomic E-state index is 14.0. The molecule has 3 amide bonds. The topological polar surface area (TPSA) is 118 Å². The van der Waals surface area contributed by atoms with E-state index in [9.17, 15) is 32.3 Å². The summed E-state index contributed by atoms with van der Waals surface area (Å²) in [7, 11) is 1.48. The largest absolute Gasteiger partial charge is 0.493 e. The number of rotatable bonds is 7. The molecule has 0 spiro atoms. The van der Waals surface area contributed by atoms with Gasteiger partial charge in [-0.2, -0.15) is 13.2 Å². The Bertz CT molecular complexity index is 2100. The molecule has 2 aliphatic heterocycles. The molecule has 7 atom stereocenters. The fourth-order valence-electron chi connectivity index (χ4n) is 8.51. The summed E-state index contributed by atoms with van der Waals surface area (Å²) in [6.45, 7) is 1.68. The highest BCUT2D eigenvalue weighted by atomic mass is 32.2. The second kappa shape index (κ2) is 12.0. The summed E-state index contributed by atoms with van der Waals surface area (Å²) in [6.07, 6.45) is -4.17. The molecular weight excluding hydrogens is 692 g/mol. The quantitative estimate of drug-likeness (QED) is 0.210. The van der Waals surface area contributed by atoms with Gasteiger partial charge < -0.3 is 19.8 Å². The van der Waals surface area contributed by atoms with E-state index in [1.165, 1.54) is 37.1 Å². The molecule has 14 heteroatoms. The second-order valence-corrected chi connectivity index (χ2v) is 15.3. The summed E-state index contributed by atoms with van der Waals surface area (Å²) in [6, 6.07) is 17.4. The Morgan fingerprint density at radius 3 is 2.42 bits per heavy atom. The van der Waals surface area contributed by atoms with Gasteiger partial charge in [-0.3, -0.25) is 19.2 Å². The van der Waals surface area contributed by atoms with E-state index in [-0.39, 0.29) is 46.3 Å². The number of fused-ring (bicyclic) bond motifs is 9. The van der Waals surface area contributed by atoms with Gasteiger partial charge in [-0.15, -0.1) is 11.8 Å². The first-order chi connectivity index (χ1) is 23.9. The minimum absolute atomic E-state index is 0.161. The monoisotopic (exact) mass is 721 g/mol. The number of aromatic amines is 1. The zero-order valence-electron chi connectivity index (χ0n) is 26.7. The molecular formula is C36H30F3N3O6S2. The van der Waals surface area contributed by atoms with Crippen LogP contribution < -0.4 is 24.6 Å². The number of imide groups is 1. The lowest BCUT2D eigenvalue weighted by atomic mass is 9.68. The van der Waals surface area contributed by atoms with E-state index < -0.39 is 41.1 Å². The Morgan fingerprint density at radius 2 is 1.70 bits per heavy atom. The maximum atomic E-state index is 14.0. The number of thioether (sulfide) groups is 1. The number of benzene rings is 3. The number of ether oxygens (including phenoxy) is 2. The van der Waals surface area contributed by atoms with Gasteiger partial charge in [-0.25, -0.2) is 4.90 Å². The molecule has 9 nitrogen and oxygen atoms in total. The van der Waals surface area contributed by atoms with E-state index in [0.717, 1.165) is 38.3 Å². The molecule has 2 N–H and O–H groups in total. The molecule has 4 aliphatic rings. The highest BCUT2D eigenvalue weighted by molar-refractivity contribution is 8.00. The number of H-pyrrole nitrogens is 1. The van der Waals surface area contributed by atoms with Crippen LogP contribution in [0.15, 0.2) is 76.6 Å². The Balaban J connectivity index is 1.10. The number of halogens is 3. The molecule has 8 rings (SSSR count). The van der Waals surface area contributed by atoms with E-state index in [0.29, 0.717) is 28.6 Å². The van der Waals surface area contributed by atoms with Crippen molar-refractivity contribution in [2.24, 2.45) is 29.6 Å². The highest BCUT2D eigenvalue weighted by Crippen LogP contribution is 2.69. The van der Waals surface area contributed by atoms with Crippen molar-refractivity contribution < 1.29 is 37.0 Å². The van der Waals surface area contributed by atoms with Crippen LogP contribution in [-0.2, 0) is 20.6 Å². The zero-order valence-corrected chi connectivity index (χ0v) is 28.3. The molecule has 0 radical (unpaired) electrons. The Kier molecular flexibility index (Phi) is 7.86.